The van der Waals surface area contributed by atoms with Gasteiger partial charge in [-0.1, -0.05) is 25.1 Å². The van der Waals surface area contributed by atoms with Gasteiger partial charge in [0.25, 0.3) is 0 Å². The molecular formula is C21H28N4S. The first-order chi connectivity index (χ1) is 12.5. The third-order valence-corrected chi connectivity index (χ3v) is 5.26. The van der Waals surface area contributed by atoms with Crippen LogP contribution in [0.2, 0.25) is 0 Å². The van der Waals surface area contributed by atoms with Gasteiger partial charge in [-0.25, -0.2) is 4.98 Å². The second-order valence-electron chi connectivity index (χ2n) is 7.30. The van der Waals surface area contributed by atoms with E-state index in [1.165, 1.54) is 24.1 Å². The summed E-state index contributed by atoms with van der Waals surface area (Å²) >= 11 is 5.41. The van der Waals surface area contributed by atoms with Crippen LogP contribution in [0.5, 0.6) is 0 Å². The predicted molar refractivity (Wildman–Crippen MR) is 114 cm³/mol. The number of pyridine rings is 1. The van der Waals surface area contributed by atoms with Gasteiger partial charge >= 0.3 is 0 Å². The third-order valence-electron chi connectivity index (χ3n) is 5.04. The summed E-state index contributed by atoms with van der Waals surface area (Å²) in [4.78, 5) is 6.81. The Hall–Kier alpha value is -2.14. The Morgan fingerprint density at radius 1 is 1.15 bits per heavy atom. The van der Waals surface area contributed by atoms with Crippen molar-refractivity contribution in [3.8, 4) is 0 Å². The molecule has 2 heterocycles. The first kappa shape index (κ1) is 18.6. The number of nitrogens with one attached hydrogen (secondary N) is 2. The highest BCUT2D eigenvalue weighted by molar-refractivity contribution is 7.80. The molecule has 0 spiro atoms. The van der Waals surface area contributed by atoms with Crippen molar-refractivity contribution in [1.82, 2.24) is 10.3 Å². The fraction of sp³-hybridized carbons (Fsp3) is 0.429. The van der Waals surface area contributed by atoms with Gasteiger partial charge in [0.05, 0.1) is 6.04 Å². The number of aryl methyl sites for hydroxylation is 1. The number of nitrogens with zero attached hydrogens (tertiary/aromatic N) is 2. The molecule has 1 aliphatic heterocycles. The summed E-state index contributed by atoms with van der Waals surface area (Å²) < 4.78 is 0. The molecule has 1 fully saturated rings. The van der Waals surface area contributed by atoms with Crippen molar-refractivity contribution >= 4 is 28.8 Å². The normalized spacial score (nSPS) is 16.2. The predicted octanol–water partition coefficient (Wildman–Crippen LogP) is 4.67. The van der Waals surface area contributed by atoms with Crippen molar-refractivity contribution in [3.63, 3.8) is 0 Å². The van der Waals surface area contributed by atoms with Crippen LogP contribution in [0.25, 0.3) is 0 Å². The quantitative estimate of drug-likeness (QED) is 0.767. The van der Waals surface area contributed by atoms with Gasteiger partial charge in [-0.3, -0.25) is 0 Å². The maximum absolute atomic E-state index is 5.41. The number of benzene rings is 1. The minimum absolute atomic E-state index is 0.135. The monoisotopic (exact) mass is 368 g/mol. The fourth-order valence-corrected chi connectivity index (χ4v) is 3.50. The zero-order valence-electron chi connectivity index (χ0n) is 15.8. The Bertz CT molecular complexity index is 719. The van der Waals surface area contributed by atoms with Crippen LogP contribution in [0.15, 0.2) is 42.6 Å². The molecule has 0 amide bonds. The zero-order valence-corrected chi connectivity index (χ0v) is 16.6. The lowest BCUT2D eigenvalue weighted by Gasteiger charge is -2.32. The fourth-order valence-electron chi connectivity index (χ4n) is 3.21. The van der Waals surface area contributed by atoms with E-state index in [4.69, 9.17) is 12.2 Å². The van der Waals surface area contributed by atoms with E-state index in [9.17, 15) is 0 Å². The third kappa shape index (κ3) is 4.94. The van der Waals surface area contributed by atoms with Crippen LogP contribution < -0.4 is 15.5 Å². The van der Waals surface area contributed by atoms with Gasteiger partial charge in [0.1, 0.15) is 5.82 Å². The van der Waals surface area contributed by atoms with Gasteiger partial charge in [0.15, 0.2) is 5.11 Å². The molecule has 2 N–H and O–H groups in total. The summed E-state index contributed by atoms with van der Waals surface area (Å²) in [6.45, 7) is 8.80. The van der Waals surface area contributed by atoms with E-state index in [1.54, 1.807) is 0 Å². The topological polar surface area (TPSA) is 40.2 Å². The van der Waals surface area contributed by atoms with Crippen molar-refractivity contribution in [3.05, 3.63) is 53.7 Å². The molecule has 1 saturated heterocycles. The minimum Gasteiger partial charge on any atom is -0.372 e. The SMILES string of the molecule is Cc1ccc(NC(=S)N[C@H](C)c2ccc(N3CCC(C)CC3)cc2)nc1. The summed E-state index contributed by atoms with van der Waals surface area (Å²) in [5, 5.41) is 7.05. The number of rotatable bonds is 4. The number of piperidine rings is 1. The van der Waals surface area contributed by atoms with Crippen molar-refractivity contribution < 1.29 is 0 Å². The lowest BCUT2D eigenvalue weighted by Crippen LogP contribution is -2.33. The number of anilines is 2. The van der Waals surface area contributed by atoms with E-state index in [0.29, 0.717) is 5.11 Å². The van der Waals surface area contributed by atoms with Crippen molar-refractivity contribution in [1.29, 1.82) is 0 Å². The molecule has 4 nitrogen and oxygen atoms in total. The zero-order chi connectivity index (χ0) is 18.5. The molecule has 1 atom stereocenters. The Morgan fingerprint density at radius 2 is 1.85 bits per heavy atom. The maximum Gasteiger partial charge on any atom is 0.172 e. The van der Waals surface area contributed by atoms with Crippen LogP contribution in [0.1, 0.15) is 43.9 Å². The Morgan fingerprint density at radius 3 is 2.46 bits per heavy atom. The van der Waals surface area contributed by atoms with Crippen LogP contribution >= 0.6 is 12.2 Å². The summed E-state index contributed by atoms with van der Waals surface area (Å²) in [7, 11) is 0. The molecule has 2 aromatic rings. The second-order valence-corrected chi connectivity index (χ2v) is 7.71. The van der Waals surface area contributed by atoms with Gasteiger partial charge in [0.2, 0.25) is 0 Å². The average molecular weight is 369 g/mol. The van der Waals surface area contributed by atoms with E-state index < -0.39 is 0 Å². The standard InChI is InChI=1S/C21H28N4S/c1-15-10-12-25(13-11-15)19-7-5-18(6-8-19)17(3)23-21(26)24-20-9-4-16(2)14-22-20/h4-9,14-15,17H,10-13H2,1-3H3,(H2,22,23,24,26)/t17-/m1/s1. The molecule has 0 saturated carbocycles. The maximum atomic E-state index is 5.41. The number of aromatic nitrogens is 1. The Balaban J connectivity index is 1.54. The lowest BCUT2D eigenvalue weighted by molar-refractivity contribution is 0.438. The minimum atomic E-state index is 0.135. The lowest BCUT2D eigenvalue weighted by atomic mass is 9.98. The van der Waals surface area contributed by atoms with Crippen LogP contribution in [0, 0.1) is 12.8 Å². The molecule has 0 radical (unpaired) electrons. The summed E-state index contributed by atoms with van der Waals surface area (Å²) in [5.41, 5.74) is 3.67. The Kier molecular flexibility index (Phi) is 6.09. The molecule has 1 aromatic carbocycles. The van der Waals surface area contributed by atoms with Gasteiger partial charge in [-0.15, -0.1) is 0 Å². The van der Waals surface area contributed by atoms with E-state index in [2.05, 4.69) is 58.6 Å². The van der Waals surface area contributed by atoms with E-state index >= 15 is 0 Å². The van der Waals surface area contributed by atoms with Gasteiger partial charge in [0, 0.05) is 25.0 Å². The molecule has 1 aliphatic rings. The highest BCUT2D eigenvalue weighted by Crippen LogP contribution is 2.24. The van der Waals surface area contributed by atoms with Gasteiger partial charge in [-0.2, -0.15) is 0 Å². The highest BCUT2D eigenvalue weighted by atomic mass is 32.1. The number of thiocarbonyl (C=S) groups is 1. The first-order valence-corrected chi connectivity index (χ1v) is 9.77. The summed E-state index contributed by atoms with van der Waals surface area (Å²) in [6, 6.07) is 12.9. The average Bonchev–Trinajstić information content (AvgIpc) is 2.64. The summed E-state index contributed by atoms with van der Waals surface area (Å²) in [5.74, 6) is 1.61. The van der Waals surface area contributed by atoms with Crippen LogP contribution in [-0.2, 0) is 0 Å². The van der Waals surface area contributed by atoms with Gasteiger partial charge < -0.3 is 15.5 Å². The number of hydrogen-bond donors (Lipinski definition) is 2. The first-order valence-electron chi connectivity index (χ1n) is 9.36. The van der Waals surface area contributed by atoms with E-state index in [-0.39, 0.29) is 6.04 Å². The summed E-state index contributed by atoms with van der Waals surface area (Å²) in [6.07, 6.45) is 4.40. The largest absolute Gasteiger partial charge is 0.372 e. The van der Waals surface area contributed by atoms with E-state index in [1.807, 2.05) is 25.3 Å². The van der Waals surface area contributed by atoms with Crippen molar-refractivity contribution in [2.24, 2.45) is 5.92 Å². The molecule has 3 rings (SSSR count). The molecular weight excluding hydrogens is 340 g/mol. The van der Waals surface area contributed by atoms with Gasteiger partial charge in [-0.05, 0) is 74.2 Å². The van der Waals surface area contributed by atoms with Crippen LogP contribution in [0.3, 0.4) is 0 Å². The smallest absolute Gasteiger partial charge is 0.172 e. The number of hydrogen-bond acceptors (Lipinski definition) is 3. The second kappa shape index (κ2) is 8.49. The molecule has 138 valence electrons. The van der Waals surface area contributed by atoms with Crippen LogP contribution in [0.4, 0.5) is 11.5 Å². The molecule has 5 heteroatoms. The van der Waals surface area contributed by atoms with Crippen molar-refractivity contribution in [2.45, 2.75) is 39.7 Å². The molecule has 0 unspecified atom stereocenters. The molecule has 26 heavy (non-hydrogen) atoms. The van der Waals surface area contributed by atoms with Crippen LogP contribution in [-0.4, -0.2) is 23.2 Å². The Labute approximate surface area is 162 Å². The van der Waals surface area contributed by atoms with Crippen molar-refractivity contribution in [2.75, 3.05) is 23.3 Å². The van der Waals surface area contributed by atoms with E-state index in [0.717, 1.165) is 30.4 Å². The molecule has 0 bridgehead atoms. The molecule has 0 aliphatic carbocycles. The molecule has 1 aromatic heterocycles. The highest BCUT2D eigenvalue weighted by Gasteiger charge is 2.16.